The zero-order chi connectivity index (χ0) is 15.3. The molecule has 0 unspecified atom stereocenters. The van der Waals surface area contributed by atoms with E-state index in [4.69, 9.17) is 11.3 Å². The third-order valence-electron chi connectivity index (χ3n) is 2.26. The van der Waals surface area contributed by atoms with Gasteiger partial charge in [0, 0.05) is 10.9 Å². The van der Waals surface area contributed by atoms with E-state index < -0.39 is 6.04 Å². The first-order chi connectivity index (χ1) is 9.93. The molecule has 1 heterocycles. The number of hydrogen-bond donors (Lipinski definition) is 0. The van der Waals surface area contributed by atoms with Gasteiger partial charge in [0.15, 0.2) is 0 Å². The minimum Gasteiger partial charge on any atom is -0.455 e. The van der Waals surface area contributed by atoms with Crippen LogP contribution in [0, 0.1) is 0 Å². The highest BCUT2D eigenvalue weighted by Crippen LogP contribution is 2.37. The molecule has 0 atom stereocenters. The maximum Gasteiger partial charge on any atom is 0.149 e. The normalized spacial score (nSPS) is 15.2. The molecule has 1 nitrogen and oxygen atoms in total. The summed E-state index contributed by atoms with van der Waals surface area (Å²) < 4.78 is 45.3. The van der Waals surface area contributed by atoms with Gasteiger partial charge in [-0.05, 0) is 28.1 Å². The molecule has 3 aromatic rings. The van der Waals surface area contributed by atoms with Gasteiger partial charge in [0.1, 0.15) is 11.3 Å². The summed E-state index contributed by atoms with van der Waals surface area (Å²) in [6.07, 6.45) is 0. The van der Waals surface area contributed by atoms with Gasteiger partial charge in [-0.15, -0.1) is 0 Å². The molecule has 0 saturated heterocycles. The lowest BCUT2D eigenvalue weighted by molar-refractivity contribution is 0.630. The van der Waals surface area contributed by atoms with E-state index in [1.54, 1.807) is 6.07 Å². The fraction of sp³-hybridized carbons (Fsp3) is 0. The largest absolute Gasteiger partial charge is 0.455 e. The topological polar surface area (TPSA) is 13.1 Å². The van der Waals surface area contributed by atoms with E-state index in [1.165, 1.54) is 0 Å². The van der Waals surface area contributed by atoms with Gasteiger partial charge in [0.25, 0.3) is 0 Å². The number of halogens is 1. The van der Waals surface area contributed by atoms with Gasteiger partial charge < -0.3 is 4.42 Å². The molecule has 0 bridgehead atoms. The first-order valence-corrected chi connectivity index (χ1v) is 5.47. The average Bonchev–Trinajstić information content (AvgIpc) is 2.81. The first kappa shape index (κ1) is 5.69. The zero-order valence-electron chi connectivity index (χ0n) is 13.1. The summed E-state index contributed by atoms with van der Waals surface area (Å²) in [5.41, 5.74) is 0.648. The van der Waals surface area contributed by atoms with Gasteiger partial charge in [-0.3, -0.25) is 0 Å². The number of para-hydroxylation sites is 1. The van der Waals surface area contributed by atoms with Gasteiger partial charge >= 0.3 is 0 Å². The summed E-state index contributed by atoms with van der Waals surface area (Å²) in [6.45, 7) is 0. The molecule has 2 aromatic carbocycles. The Kier molecular flexibility index (Phi) is 1.35. The number of rotatable bonds is 1. The summed E-state index contributed by atoms with van der Waals surface area (Å²) in [5, 5.41) is 0.791. The summed E-state index contributed by atoms with van der Waals surface area (Å²) in [5.74, 6) is 0.244. The van der Waals surface area contributed by atoms with Gasteiger partial charge in [0.05, 0.1) is 11.3 Å². The smallest absolute Gasteiger partial charge is 0.149 e. The van der Waals surface area contributed by atoms with Crippen LogP contribution in [0.3, 0.4) is 0 Å². The SMILES string of the molecule is [2H]c1c([2H])c([2H])c(-c2oc3ccccc3c2Br)c([2H])c1[2H]. The highest BCUT2D eigenvalue weighted by molar-refractivity contribution is 9.10. The summed E-state index contributed by atoms with van der Waals surface area (Å²) >= 11 is 3.39. The molecular formula is C14H9BrO. The summed E-state index contributed by atoms with van der Waals surface area (Å²) in [6, 6.07) is 5.53. The third kappa shape index (κ3) is 1.46. The van der Waals surface area contributed by atoms with Crippen LogP contribution in [-0.2, 0) is 0 Å². The number of furan rings is 1. The molecule has 3 rings (SSSR count). The van der Waals surface area contributed by atoms with Crippen LogP contribution in [0.1, 0.15) is 6.85 Å². The van der Waals surface area contributed by atoms with E-state index in [9.17, 15) is 0 Å². The fourth-order valence-corrected chi connectivity index (χ4v) is 2.15. The second-order valence-corrected chi connectivity index (χ2v) is 4.03. The van der Waals surface area contributed by atoms with Crippen LogP contribution in [0.5, 0.6) is 0 Å². The molecular weight excluding hydrogens is 264 g/mol. The van der Waals surface area contributed by atoms with E-state index in [0.717, 1.165) is 5.39 Å². The lowest BCUT2D eigenvalue weighted by atomic mass is 10.1. The highest BCUT2D eigenvalue weighted by Gasteiger charge is 2.12. The van der Waals surface area contributed by atoms with Gasteiger partial charge in [-0.25, -0.2) is 0 Å². The molecule has 0 amide bonds. The van der Waals surface area contributed by atoms with E-state index in [2.05, 4.69) is 15.9 Å². The molecule has 0 aliphatic rings. The monoisotopic (exact) mass is 277 g/mol. The lowest BCUT2D eigenvalue weighted by Crippen LogP contribution is -1.72. The quantitative estimate of drug-likeness (QED) is 0.619. The second-order valence-electron chi connectivity index (χ2n) is 3.24. The van der Waals surface area contributed by atoms with Gasteiger partial charge in [0.2, 0.25) is 0 Å². The Bertz CT molecular complexity index is 842. The molecule has 1 aromatic heterocycles. The summed E-state index contributed by atoms with van der Waals surface area (Å²) in [4.78, 5) is 0. The van der Waals surface area contributed by atoms with Crippen molar-refractivity contribution in [2.24, 2.45) is 0 Å². The number of hydrogen-bond acceptors (Lipinski definition) is 1. The molecule has 0 fully saturated rings. The molecule has 2 heteroatoms. The van der Waals surface area contributed by atoms with Crippen molar-refractivity contribution in [2.75, 3.05) is 0 Å². The van der Waals surface area contributed by atoms with Crippen LogP contribution in [0.2, 0.25) is 0 Å². The van der Waals surface area contributed by atoms with Crippen LogP contribution >= 0.6 is 15.9 Å². The molecule has 0 saturated carbocycles. The molecule has 16 heavy (non-hydrogen) atoms. The van der Waals surface area contributed by atoms with Gasteiger partial charge in [-0.2, -0.15) is 0 Å². The molecule has 78 valence electrons. The van der Waals surface area contributed by atoms with E-state index >= 15 is 0 Å². The predicted molar refractivity (Wildman–Crippen MR) is 69.4 cm³/mol. The fourth-order valence-electron chi connectivity index (χ4n) is 1.54. The van der Waals surface area contributed by atoms with Gasteiger partial charge in [-0.1, -0.05) is 42.3 Å². The van der Waals surface area contributed by atoms with E-state index in [-0.39, 0.29) is 35.5 Å². The van der Waals surface area contributed by atoms with E-state index in [1.807, 2.05) is 18.2 Å². The Labute approximate surface area is 109 Å². The second kappa shape index (κ2) is 3.80. The van der Waals surface area contributed by atoms with Crippen LogP contribution in [0.25, 0.3) is 22.3 Å². The van der Waals surface area contributed by atoms with Crippen LogP contribution < -0.4 is 0 Å². The van der Waals surface area contributed by atoms with Crippen molar-refractivity contribution in [3.8, 4) is 11.3 Å². The molecule has 0 aliphatic heterocycles. The number of fused-ring (bicyclic) bond motifs is 1. The first-order valence-electron chi connectivity index (χ1n) is 7.17. The Morgan fingerprint density at radius 3 is 2.56 bits per heavy atom. The predicted octanol–water partition coefficient (Wildman–Crippen LogP) is 4.86. The Hall–Kier alpha value is -1.54. The third-order valence-corrected chi connectivity index (χ3v) is 3.05. The Balaban J connectivity index is 2.41. The van der Waals surface area contributed by atoms with Crippen molar-refractivity contribution in [2.45, 2.75) is 0 Å². The maximum atomic E-state index is 7.99. The van der Waals surface area contributed by atoms with Crippen molar-refractivity contribution in [1.82, 2.24) is 0 Å². The zero-order valence-corrected chi connectivity index (χ0v) is 9.68. The van der Waals surface area contributed by atoms with Crippen molar-refractivity contribution in [3.63, 3.8) is 0 Å². The van der Waals surface area contributed by atoms with Crippen molar-refractivity contribution < 1.29 is 11.3 Å². The molecule has 0 spiro atoms. The van der Waals surface area contributed by atoms with Crippen LogP contribution in [0.4, 0.5) is 0 Å². The van der Waals surface area contributed by atoms with Crippen LogP contribution in [-0.4, -0.2) is 0 Å². The minimum atomic E-state index is -0.416. The van der Waals surface area contributed by atoms with Crippen molar-refractivity contribution in [3.05, 3.63) is 59.0 Å². The standard InChI is InChI=1S/C14H9BrO/c15-13-11-8-4-5-9-12(11)16-14(13)10-6-2-1-3-7-10/h1-9H/i1D,2D,3D,6D,7D. The van der Waals surface area contributed by atoms with Crippen LogP contribution in [0.15, 0.2) is 63.4 Å². The van der Waals surface area contributed by atoms with Crippen molar-refractivity contribution >= 4 is 26.9 Å². The lowest BCUT2D eigenvalue weighted by Gasteiger charge is -1.95. The maximum absolute atomic E-state index is 7.99. The number of benzene rings is 2. The average molecular weight is 278 g/mol. The highest BCUT2D eigenvalue weighted by atomic mass is 79.9. The Morgan fingerprint density at radius 2 is 1.81 bits per heavy atom. The Morgan fingerprint density at radius 1 is 1.06 bits per heavy atom. The minimum absolute atomic E-state index is 0.0593. The molecule has 0 radical (unpaired) electrons. The molecule has 0 aliphatic carbocycles. The summed E-state index contributed by atoms with van der Waals surface area (Å²) in [7, 11) is 0. The van der Waals surface area contributed by atoms with E-state index in [0.29, 0.717) is 10.1 Å². The molecule has 0 N–H and O–H groups in total. The van der Waals surface area contributed by atoms with Crippen molar-refractivity contribution in [1.29, 1.82) is 0 Å².